The minimum Gasteiger partial charge on any atom is -0.290 e. The van der Waals surface area contributed by atoms with Gasteiger partial charge in [0.15, 0.2) is 0 Å². The van der Waals surface area contributed by atoms with Gasteiger partial charge in [-0.2, -0.15) is 0 Å². The Bertz CT molecular complexity index is 807. The van der Waals surface area contributed by atoms with Gasteiger partial charge >= 0.3 is 0 Å². The van der Waals surface area contributed by atoms with Crippen LogP contribution in [-0.2, 0) is 5.54 Å². The van der Waals surface area contributed by atoms with E-state index >= 15 is 0 Å². The summed E-state index contributed by atoms with van der Waals surface area (Å²) in [4.78, 5) is 2.74. The second-order valence-electron chi connectivity index (χ2n) is 7.48. The van der Waals surface area contributed by atoms with Gasteiger partial charge in [-0.05, 0) is 70.7 Å². The van der Waals surface area contributed by atoms with Crippen molar-refractivity contribution in [2.75, 3.05) is 13.1 Å². The van der Waals surface area contributed by atoms with Crippen LogP contribution in [0, 0.1) is 3.57 Å². The molecule has 1 aliphatic carbocycles. The highest BCUT2D eigenvalue weighted by atomic mass is 127. The van der Waals surface area contributed by atoms with Crippen LogP contribution in [0.25, 0.3) is 5.57 Å². The highest BCUT2D eigenvalue weighted by molar-refractivity contribution is 14.1. The second-order valence-corrected chi connectivity index (χ2v) is 9.05. The van der Waals surface area contributed by atoms with Gasteiger partial charge in [0.25, 0.3) is 0 Å². The molecule has 0 radical (unpaired) electrons. The minimum absolute atomic E-state index is 0.207. The van der Waals surface area contributed by atoms with E-state index in [-0.39, 0.29) is 5.54 Å². The summed E-state index contributed by atoms with van der Waals surface area (Å²) < 4.78 is 1.41. The quantitative estimate of drug-likeness (QED) is 0.435. The molecule has 0 saturated heterocycles. The standard InChI is InChI=1S/C23H25ClIN/c24-21-10-4-2-8-19(21)18-12-16-26(17-13-18)23(14-6-1-7-15-23)20-9-3-5-11-22(20)25/h2-5,8-12H,1,6-7,13-17H2. The second kappa shape index (κ2) is 8.04. The van der Waals surface area contributed by atoms with Gasteiger partial charge in [-0.1, -0.05) is 73.3 Å². The summed E-state index contributed by atoms with van der Waals surface area (Å²) in [5.74, 6) is 0. The lowest BCUT2D eigenvalue weighted by atomic mass is 9.74. The predicted molar refractivity (Wildman–Crippen MR) is 120 cm³/mol. The van der Waals surface area contributed by atoms with Crippen molar-refractivity contribution in [3.05, 3.63) is 74.3 Å². The molecule has 3 heteroatoms. The molecule has 1 nitrogen and oxygen atoms in total. The van der Waals surface area contributed by atoms with E-state index < -0.39 is 0 Å². The van der Waals surface area contributed by atoms with E-state index in [1.165, 1.54) is 52.4 Å². The predicted octanol–water partition coefficient (Wildman–Crippen LogP) is 6.89. The van der Waals surface area contributed by atoms with Gasteiger partial charge in [0, 0.05) is 27.2 Å². The Morgan fingerprint density at radius 2 is 1.65 bits per heavy atom. The van der Waals surface area contributed by atoms with Gasteiger partial charge in [-0.15, -0.1) is 0 Å². The van der Waals surface area contributed by atoms with Gasteiger partial charge in [0.2, 0.25) is 0 Å². The van der Waals surface area contributed by atoms with Crippen LogP contribution in [0.3, 0.4) is 0 Å². The van der Waals surface area contributed by atoms with Crippen LogP contribution in [-0.4, -0.2) is 18.0 Å². The van der Waals surface area contributed by atoms with Crippen molar-refractivity contribution in [2.24, 2.45) is 0 Å². The van der Waals surface area contributed by atoms with Crippen molar-refractivity contribution in [1.82, 2.24) is 4.90 Å². The molecule has 136 valence electrons. The average Bonchev–Trinajstić information content (AvgIpc) is 2.69. The fourth-order valence-electron chi connectivity index (χ4n) is 4.76. The molecule has 0 spiro atoms. The molecule has 1 fully saturated rings. The molecular formula is C23H25ClIN. The van der Waals surface area contributed by atoms with Gasteiger partial charge in [0.1, 0.15) is 0 Å². The zero-order valence-electron chi connectivity index (χ0n) is 15.1. The zero-order chi connectivity index (χ0) is 18.0. The number of halogens is 2. The van der Waals surface area contributed by atoms with Crippen molar-refractivity contribution in [3.63, 3.8) is 0 Å². The maximum atomic E-state index is 6.43. The van der Waals surface area contributed by atoms with E-state index in [1.807, 2.05) is 12.1 Å². The van der Waals surface area contributed by atoms with E-state index in [0.29, 0.717) is 0 Å². The highest BCUT2D eigenvalue weighted by Gasteiger charge is 2.40. The molecule has 1 heterocycles. The van der Waals surface area contributed by atoms with E-state index in [4.69, 9.17) is 11.6 Å². The molecule has 2 aliphatic rings. The van der Waals surface area contributed by atoms with Crippen molar-refractivity contribution in [1.29, 1.82) is 0 Å². The Morgan fingerprint density at radius 3 is 2.35 bits per heavy atom. The summed E-state index contributed by atoms with van der Waals surface area (Å²) in [6.07, 6.45) is 10.1. The molecule has 0 aromatic heterocycles. The normalized spacial score (nSPS) is 20.6. The van der Waals surface area contributed by atoms with Crippen LogP contribution >= 0.6 is 34.2 Å². The fraction of sp³-hybridized carbons (Fsp3) is 0.391. The Kier molecular flexibility index (Phi) is 5.72. The molecule has 1 aliphatic heterocycles. The lowest BCUT2D eigenvalue weighted by molar-refractivity contribution is 0.0562. The van der Waals surface area contributed by atoms with Crippen molar-refractivity contribution in [2.45, 2.75) is 44.1 Å². The lowest BCUT2D eigenvalue weighted by Crippen LogP contribution is -2.49. The Labute approximate surface area is 175 Å². The summed E-state index contributed by atoms with van der Waals surface area (Å²) in [5, 5.41) is 0.872. The third-order valence-corrected chi connectivity index (χ3v) is 7.36. The fourth-order valence-corrected chi connectivity index (χ4v) is 5.90. The Balaban J connectivity index is 1.65. The summed E-state index contributed by atoms with van der Waals surface area (Å²) in [5.41, 5.74) is 4.36. The smallest absolute Gasteiger partial charge is 0.0481 e. The number of benzene rings is 2. The zero-order valence-corrected chi connectivity index (χ0v) is 18.0. The van der Waals surface area contributed by atoms with E-state index in [2.05, 4.69) is 70.0 Å². The van der Waals surface area contributed by atoms with Crippen molar-refractivity contribution in [3.8, 4) is 0 Å². The highest BCUT2D eigenvalue weighted by Crippen LogP contribution is 2.45. The SMILES string of the molecule is Clc1ccccc1C1=CCN(C2(c3ccccc3I)CCCCC2)CC1. The third kappa shape index (κ3) is 3.48. The Hall–Kier alpha value is -0.840. The van der Waals surface area contributed by atoms with Crippen LogP contribution < -0.4 is 0 Å². The molecule has 0 unspecified atom stereocenters. The van der Waals surface area contributed by atoms with Crippen molar-refractivity contribution < 1.29 is 0 Å². The summed E-state index contributed by atoms with van der Waals surface area (Å²) in [6, 6.07) is 17.2. The number of hydrogen-bond donors (Lipinski definition) is 0. The largest absolute Gasteiger partial charge is 0.290 e. The van der Waals surface area contributed by atoms with E-state index in [1.54, 1.807) is 0 Å². The maximum Gasteiger partial charge on any atom is 0.0481 e. The molecule has 2 aromatic carbocycles. The third-order valence-electron chi connectivity index (χ3n) is 6.09. The molecule has 0 amide bonds. The first-order valence-electron chi connectivity index (χ1n) is 9.65. The summed E-state index contributed by atoms with van der Waals surface area (Å²) >= 11 is 8.96. The molecule has 2 aromatic rings. The molecule has 0 N–H and O–H groups in total. The van der Waals surface area contributed by atoms with E-state index in [9.17, 15) is 0 Å². The monoisotopic (exact) mass is 477 g/mol. The molecule has 26 heavy (non-hydrogen) atoms. The lowest BCUT2D eigenvalue weighted by Gasteiger charge is -2.48. The van der Waals surface area contributed by atoms with Crippen LogP contribution in [0.4, 0.5) is 0 Å². The first kappa shape index (κ1) is 18.5. The van der Waals surface area contributed by atoms with Crippen LogP contribution in [0.2, 0.25) is 5.02 Å². The van der Waals surface area contributed by atoms with Crippen LogP contribution in [0.5, 0.6) is 0 Å². The molecular weight excluding hydrogens is 453 g/mol. The maximum absolute atomic E-state index is 6.43. The summed E-state index contributed by atoms with van der Waals surface area (Å²) in [7, 11) is 0. The van der Waals surface area contributed by atoms with Gasteiger partial charge in [0.05, 0.1) is 0 Å². The number of hydrogen-bond acceptors (Lipinski definition) is 1. The number of nitrogens with zero attached hydrogens (tertiary/aromatic N) is 1. The first-order chi connectivity index (χ1) is 12.7. The first-order valence-corrected chi connectivity index (χ1v) is 11.1. The molecule has 4 rings (SSSR count). The molecule has 0 atom stereocenters. The molecule has 1 saturated carbocycles. The minimum atomic E-state index is 0.207. The Morgan fingerprint density at radius 1 is 0.923 bits per heavy atom. The van der Waals surface area contributed by atoms with Crippen LogP contribution in [0.1, 0.15) is 49.7 Å². The van der Waals surface area contributed by atoms with Crippen molar-refractivity contribution >= 4 is 39.8 Å². The number of rotatable bonds is 3. The van der Waals surface area contributed by atoms with Gasteiger partial charge in [-0.3, -0.25) is 4.90 Å². The topological polar surface area (TPSA) is 3.24 Å². The van der Waals surface area contributed by atoms with E-state index in [0.717, 1.165) is 24.5 Å². The van der Waals surface area contributed by atoms with Crippen LogP contribution in [0.15, 0.2) is 54.6 Å². The van der Waals surface area contributed by atoms with Gasteiger partial charge in [-0.25, -0.2) is 0 Å². The summed E-state index contributed by atoms with van der Waals surface area (Å²) in [6.45, 7) is 2.13. The average molecular weight is 478 g/mol. The van der Waals surface area contributed by atoms with Gasteiger partial charge < -0.3 is 0 Å². The molecule has 0 bridgehead atoms.